The number of rotatable bonds is 11. The zero-order valence-corrected chi connectivity index (χ0v) is 22.4. The van der Waals surface area contributed by atoms with Crippen molar-refractivity contribution in [1.29, 1.82) is 0 Å². The lowest BCUT2D eigenvalue weighted by Gasteiger charge is -2.32. The highest BCUT2D eigenvalue weighted by Gasteiger charge is 2.29. The molecule has 2 aromatic rings. The molecule has 2 aromatic carbocycles. The summed E-state index contributed by atoms with van der Waals surface area (Å²) < 4.78 is 0. The molecule has 5 heteroatoms. The second-order valence-electron chi connectivity index (χ2n) is 10.8. The van der Waals surface area contributed by atoms with E-state index < -0.39 is 0 Å². The number of likely N-dealkylation sites (tertiary alicyclic amines) is 1. The van der Waals surface area contributed by atoms with Crippen molar-refractivity contribution in [3.63, 3.8) is 0 Å². The third-order valence-corrected chi connectivity index (χ3v) is 7.96. The van der Waals surface area contributed by atoms with Crippen molar-refractivity contribution in [2.24, 2.45) is 10.9 Å². The van der Waals surface area contributed by atoms with Crippen molar-refractivity contribution in [2.75, 3.05) is 19.6 Å². The predicted molar refractivity (Wildman–Crippen MR) is 149 cm³/mol. The van der Waals surface area contributed by atoms with Gasteiger partial charge in [-0.1, -0.05) is 61.0 Å². The number of nitrogens with zero attached hydrogens (tertiary/aromatic N) is 2. The van der Waals surface area contributed by atoms with Crippen molar-refractivity contribution in [3.8, 4) is 0 Å². The Labute approximate surface area is 217 Å². The average molecular weight is 489 g/mol. The first-order chi connectivity index (χ1) is 17.5. The predicted octanol–water partition coefficient (Wildman–Crippen LogP) is 5.19. The van der Waals surface area contributed by atoms with Crippen molar-refractivity contribution in [1.82, 2.24) is 15.5 Å². The van der Waals surface area contributed by atoms with Crippen molar-refractivity contribution >= 4 is 11.6 Å². The fourth-order valence-corrected chi connectivity index (χ4v) is 5.17. The molecule has 4 rings (SSSR count). The van der Waals surface area contributed by atoms with E-state index in [9.17, 15) is 4.79 Å². The summed E-state index contributed by atoms with van der Waals surface area (Å²) in [6.45, 7) is 11.2. The van der Waals surface area contributed by atoms with Crippen LogP contribution in [0, 0.1) is 19.8 Å². The topological polar surface area (TPSA) is 56.7 Å². The van der Waals surface area contributed by atoms with E-state index in [2.05, 4.69) is 84.8 Å². The number of aryl methyl sites for hydroxylation is 2. The zero-order valence-electron chi connectivity index (χ0n) is 22.4. The van der Waals surface area contributed by atoms with Crippen molar-refractivity contribution < 1.29 is 4.79 Å². The number of carbonyl (C=O) groups excluding carboxylic acids is 1. The molecule has 194 valence electrons. The van der Waals surface area contributed by atoms with Gasteiger partial charge < -0.3 is 10.6 Å². The number of hydrogen-bond acceptors (Lipinski definition) is 4. The van der Waals surface area contributed by atoms with Crippen LogP contribution in [0.3, 0.4) is 0 Å². The molecule has 0 aromatic heterocycles. The van der Waals surface area contributed by atoms with E-state index in [0.29, 0.717) is 5.92 Å². The molecule has 0 spiro atoms. The Balaban J connectivity index is 1.28. The molecular formula is C31H44N4O. The van der Waals surface area contributed by atoms with Gasteiger partial charge in [0.15, 0.2) is 0 Å². The summed E-state index contributed by atoms with van der Waals surface area (Å²) in [6, 6.07) is 17.0. The third-order valence-electron chi connectivity index (χ3n) is 7.96. The number of benzene rings is 2. The minimum atomic E-state index is -0.351. The van der Waals surface area contributed by atoms with Crippen LogP contribution >= 0.6 is 0 Å². The molecule has 1 saturated heterocycles. The van der Waals surface area contributed by atoms with Gasteiger partial charge in [0.05, 0.1) is 0 Å². The molecule has 0 bridgehead atoms. The lowest BCUT2D eigenvalue weighted by Crippen LogP contribution is -2.49. The van der Waals surface area contributed by atoms with Gasteiger partial charge in [-0.2, -0.15) is 0 Å². The van der Waals surface area contributed by atoms with Crippen LogP contribution < -0.4 is 10.6 Å². The van der Waals surface area contributed by atoms with Gasteiger partial charge in [0.2, 0.25) is 5.91 Å². The fraction of sp³-hybridized carbons (Fsp3) is 0.548. The number of nitrogens with one attached hydrogen (secondary N) is 2. The van der Waals surface area contributed by atoms with Crippen LogP contribution in [-0.4, -0.2) is 48.2 Å². The molecule has 2 atom stereocenters. The SMILES string of the molecule is CCC(NCc1ccccc1C)C(N=C1CCC1)C(=O)NCC1CCN(Cc2ccc(C)cc2)CC1. The van der Waals surface area contributed by atoms with E-state index in [-0.39, 0.29) is 18.0 Å². The van der Waals surface area contributed by atoms with Crippen molar-refractivity contribution in [2.45, 2.75) is 84.5 Å². The fourth-order valence-electron chi connectivity index (χ4n) is 5.17. The molecule has 1 heterocycles. The third kappa shape index (κ3) is 7.50. The molecule has 1 saturated carbocycles. The van der Waals surface area contributed by atoms with Gasteiger partial charge in [-0.05, 0) is 88.1 Å². The number of piperidine rings is 1. The van der Waals surface area contributed by atoms with E-state index in [0.717, 1.165) is 64.8 Å². The smallest absolute Gasteiger partial charge is 0.246 e. The maximum atomic E-state index is 13.4. The maximum Gasteiger partial charge on any atom is 0.246 e. The summed E-state index contributed by atoms with van der Waals surface area (Å²) in [6.07, 6.45) is 6.41. The van der Waals surface area contributed by atoms with E-state index in [1.807, 2.05) is 0 Å². The second kappa shape index (κ2) is 13.2. The standard InChI is InChI=1S/C31H44N4O/c1-4-29(32-21-27-9-6-5-8-24(27)3)30(34-28-10-7-11-28)31(36)33-20-25-16-18-35(19-17-25)22-26-14-12-23(2)13-15-26/h5-6,8-9,12-15,25,29-30,32H,4,7,10-11,16-22H2,1-3H3,(H,33,36). The second-order valence-corrected chi connectivity index (χ2v) is 10.8. The molecule has 0 radical (unpaired) electrons. The lowest BCUT2D eigenvalue weighted by molar-refractivity contribution is -0.123. The molecular weight excluding hydrogens is 444 g/mol. The van der Waals surface area contributed by atoms with Crippen LogP contribution in [0.15, 0.2) is 53.5 Å². The van der Waals surface area contributed by atoms with Gasteiger partial charge in [0.25, 0.3) is 0 Å². The first-order valence-electron chi connectivity index (χ1n) is 13.9. The number of amides is 1. The Hall–Kier alpha value is -2.50. The summed E-state index contributed by atoms with van der Waals surface area (Å²) in [5.74, 6) is 0.626. The van der Waals surface area contributed by atoms with Gasteiger partial charge in [0.1, 0.15) is 6.04 Å². The average Bonchev–Trinajstić information content (AvgIpc) is 2.86. The maximum absolute atomic E-state index is 13.4. The van der Waals surface area contributed by atoms with Crippen LogP contribution in [0.5, 0.6) is 0 Å². The summed E-state index contributed by atoms with van der Waals surface area (Å²) in [7, 11) is 0. The molecule has 1 aliphatic heterocycles. The molecule has 2 fully saturated rings. The molecule has 1 amide bonds. The van der Waals surface area contributed by atoms with E-state index in [1.165, 1.54) is 34.4 Å². The summed E-state index contributed by atoms with van der Waals surface area (Å²) in [5, 5.41) is 6.95. The highest BCUT2D eigenvalue weighted by atomic mass is 16.2. The van der Waals surface area contributed by atoms with E-state index in [4.69, 9.17) is 4.99 Å². The van der Waals surface area contributed by atoms with Gasteiger partial charge >= 0.3 is 0 Å². The van der Waals surface area contributed by atoms with E-state index in [1.54, 1.807) is 0 Å². The normalized spacial score (nSPS) is 18.4. The first kappa shape index (κ1) is 26.6. The Morgan fingerprint density at radius 3 is 2.42 bits per heavy atom. The van der Waals surface area contributed by atoms with E-state index >= 15 is 0 Å². The van der Waals surface area contributed by atoms with Crippen LogP contribution in [0.2, 0.25) is 0 Å². The van der Waals surface area contributed by atoms with Gasteiger partial charge in [0, 0.05) is 31.4 Å². The summed E-state index contributed by atoms with van der Waals surface area (Å²) >= 11 is 0. The zero-order chi connectivity index (χ0) is 25.3. The summed E-state index contributed by atoms with van der Waals surface area (Å²) in [5.41, 5.74) is 6.46. The monoisotopic (exact) mass is 488 g/mol. The van der Waals surface area contributed by atoms with Crippen LogP contribution in [-0.2, 0) is 17.9 Å². The molecule has 2 unspecified atom stereocenters. The highest BCUT2D eigenvalue weighted by molar-refractivity contribution is 5.93. The number of carbonyl (C=O) groups is 1. The van der Waals surface area contributed by atoms with Crippen LogP contribution in [0.25, 0.3) is 0 Å². The van der Waals surface area contributed by atoms with Crippen molar-refractivity contribution in [3.05, 3.63) is 70.8 Å². The Morgan fingerprint density at radius 1 is 1.06 bits per heavy atom. The minimum Gasteiger partial charge on any atom is -0.354 e. The Morgan fingerprint density at radius 2 is 1.78 bits per heavy atom. The first-order valence-corrected chi connectivity index (χ1v) is 13.9. The van der Waals surface area contributed by atoms with Gasteiger partial charge in [-0.25, -0.2) is 0 Å². The molecule has 5 nitrogen and oxygen atoms in total. The quantitative estimate of drug-likeness (QED) is 0.457. The van der Waals surface area contributed by atoms with Crippen LogP contribution in [0.4, 0.5) is 0 Å². The summed E-state index contributed by atoms with van der Waals surface area (Å²) in [4.78, 5) is 20.9. The molecule has 1 aliphatic carbocycles. The lowest BCUT2D eigenvalue weighted by atomic mass is 9.94. The number of aliphatic imine (C=N–C) groups is 1. The molecule has 2 aliphatic rings. The Kier molecular flexibility index (Phi) is 9.71. The minimum absolute atomic E-state index is 0.0362. The highest BCUT2D eigenvalue weighted by Crippen LogP contribution is 2.20. The number of hydrogen-bond donors (Lipinski definition) is 2. The Bertz CT molecular complexity index is 1000. The van der Waals surface area contributed by atoms with Crippen LogP contribution in [0.1, 0.15) is 67.7 Å². The molecule has 36 heavy (non-hydrogen) atoms. The van der Waals surface area contributed by atoms with Gasteiger partial charge in [-0.15, -0.1) is 0 Å². The van der Waals surface area contributed by atoms with Gasteiger partial charge in [-0.3, -0.25) is 14.7 Å². The largest absolute Gasteiger partial charge is 0.354 e. The molecule has 2 N–H and O–H groups in total.